The molecule has 0 bridgehead atoms. The first-order valence-corrected chi connectivity index (χ1v) is 7.93. The Labute approximate surface area is 137 Å². The van der Waals surface area contributed by atoms with Gasteiger partial charge in [0.1, 0.15) is 11.5 Å². The standard InChI is InChI=1S/C20H22O3/c1-3-7-16-10-13-18(14-11-16)23-20(21)15-12-17-8-5-6-9-19(17)22-4-2/h5-6,8-15H,3-4,7H2,1-2H3/b15-12+. The fourth-order valence-electron chi connectivity index (χ4n) is 2.23. The van der Waals surface area contributed by atoms with Crippen LogP contribution in [0.3, 0.4) is 0 Å². The lowest BCUT2D eigenvalue weighted by Gasteiger charge is -2.06. The van der Waals surface area contributed by atoms with Crippen molar-refractivity contribution in [1.29, 1.82) is 0 Å². The summed E-state index contributed by atoms with van der Waals surface area (Å²) in [6.07, 6.45) is 5.25. The average molecular weight is 310 g/mol. The first-order valence-electron chi connectivity index (χ1n) is 7.93. The lowest BCUT2D eigenvalue weighted by atomic mass is 10.1. The van der Waals surface area contributed by atoms with Crippen LogP contribution in [0.1, 0.15) is 31.4 Å². The minimum atomic E-state index is -0.403. The topological polar surface area (TPSA) is 35.5 Å². The molecular weight excluding hydrogens is 288 g/mol. The highest BCUT2D eigenvalue weighted by molar-refractivity contribution is 5.89. The summed E-state index contributed by atoms with van der Waals surface area (Å²) in [5.41, 5.74) is 2.10. The molecule has 0 amide bonds. The third-order valence-corrected chi connectivity index (χ3v) is 3.30. The van der Waals surface area contributed by atoms with Crippen LogP contribution in [0.25, 0.3) is 6.08 Å². The van der Waals surface area contributed by atoms with Crippen molar-refractivity contribution in [1.82, 2.24) is 0 Å². The summed E-state index contributed by atoms with van der Waals surface area (Å²) in [5, 5.41) is 0. The predicted molar refractivity (Wildman–Crippen MR) is 92.7 cm³/mol. The van der Waals surface area contributed by atoms with E-state index in [0.29, 0.717) is 12.4 Å². The minimum Gasteiger partial charge on any atom is -0.493 e. The van der Waals surface area contributed by atoms with Gasteiger partial charge < -0.3 is 9.47 Å². The number of para-hydroxylation sites is 1. The highest BCUT2D eigenvalue weighted by atomic mass is 16.5. The minimum absolute atomic E-state index is 0.403. The van der Waals surface area contributed by atoms with E-state index in [1.807, 2.05) is 55.5 Å². The summed E-state index contributed by atoms with van der Waals surface area (Å²) >= 11 is 0. The number of benzene rings is 2. The lowest BCUT2D eigenvalue weighted by molar-refractivity contribution is -0.128. The van der Waals surface area contributed by atoms with Gasteiger partial charge in [0.2, 0.25) is 0 Å². The quantitative estimate of drug-likeness (QED) is 0.424. The summed E-state index contributed by atoms with van der Waals surface area (Å²) in [7, 11) is 0. The van der Waals surface area contributed by atoms with Gasteiger partial charge in [0.15, 0.2) is 0 Å². The molecule has 0 unspecified atom stereocenters. The molecule has 0 aliphatic heterocycles. The molecular formula is C20H22O3. The first kappa shape index (κ1) is 16.8. The van der Waals surface area contributed by atoms with Crippen LogP contribution in [0.2, 0.25) is 0 Å². The second kappa shape index (κ2) is 8.79. The zero-order valence-corrected chi connectivity index (χ0v) is 13.6. The fourth-order valence-corrected chi connectivity index (χ4v) is 2.23. The number of esters is 1. The molecule has 0 saturated carbocycles. The second-order valence-electron chi connectivity index (χ2n) is 5.12. The Morgan fingerprint density at radius 1 is 1.04 bits per heavy atom. The average Bonchev–Trinajstić information content (AvgIpc) is 2.56. The van der Waals surface area contributed by atoms with Crippen LogP contribution in [0.4, 0.5) is 0 Å². The van der Waals surface area contributed by atoms with Gasteiger partial charge in [0.05, 0.1) is 6.61 Å². The number of ether oxygens (including phenoxy) is 2. The smallest absolute Gasteiger partial charge is 0.336 e. The molecule has 2 aromatic carbocycles. The van der Waals surface area contributed by atoms with Crippen molar-refractivity contribution in [3.63, 3.8) is 0 Å². The van der Waals surface area contributed by atoms with Crippen LogP contribution in [-0.4, -0.2) is 12.6 Å². The normalized spacial score (nSPS) is 10.7. The highest BCUT2D eigenvalue weighted by Gasteiger charge is 2.03. The SMILES string of the molecule is CCCc1ccc(OC(=O)/C=C/c2ccccc2OCC)cc1. The summed E-state index contributed by atoms with van der Waals surface area (Å²) in [5.74, 6) is 0.903. The van der Waals surface area contributed by atoms with Gasteiger partial charge in [0, 0.05) is 11.6 Å². The van der Waals surface area contributed by atoms with Crippen molar-refractivity contribution in [2.24, 2.45) is 0 Å². The molecule has 0 saturated heterocycles. The van der Waals surface area contributed by atoms with E-state index in [1.54, 1.807) is 6.08 Å². The van der Waals surface area contributed by atoms with Gasteiger partial charge in [-0.2, -0.15) is 0 Å². The molecule has 2 rings (SSSR count). The largest absolute Gasteiger partial charge is 0.493 e. The van der Waals surface area contributed by atoms with Crippen LogP contribution >= 0.6 is 0 Å². The van der Waals surface area contributed by atoms with Gasteiger partial charge in [-0.1, -0.05) is 43.7 Å². The van der Waals surface area contributed by atoms with Crippen LogP contribution < -0.4 is 9.47 Å². The molecule has 120 valence electrons. The number of carbonyl (C=O) groups is 1. The third-order valence-electron chi connectivity index (χ3n) is 3.30. The molecule has 0 aromatic heterocycles. The van der Waals surface area contributed by atoms with Crippen molar-refractivity contribution >= 4 is 12.0 Å². The molecule has 0 atom stereocenters. The van der Waals surface area contributed by atoms with Gasteiger partial charge in [0.25, 0.3) is 0 Å². The fraction of sp³-hybridized carbons (Fsp3) is 0.250. The van der Waals surface area contributed by atoms with Gasteiger partial charge in [-0.25, -0.2) is 4.79 Å². The molecule has 0 heterocycles. The van der Waals surface area contributed by atoms with Gasteiger partial charge in [-0.15, -0.1) is 0 Å². The molecule has 0 fully saturated rings. The van der Waals surface area contributed by atoms with E-state index in [2.05, 4.69) is 6.92 Å². The highest BCUT2D eigenvalue weighted by Crippen LogP contribution is 2.19. The van der Waals surface area contributed by atoms with Crippen LogP contribution in [0, 0.1) is 0 Å². The van der Waals surface area contributed by atoms with Gasteiger partial charge in [-0.05, 0) is 43.2 Å². The van der Waals surface area contributed by atoms with E-state index >= 15 is 0 Å². The van der Waals surface area contributed by atoms with Crippen molar-refractivity contribution in [2.75, 3.05) is 6.61 Å². The third kappa shape index (κ3) is 5.29. The molecule has 23 heavy (non-hydrogen) atoms. The predicted octanol–water partition coefficient (Wildman–Crippen LogP) is 4.66. The Balaban J connectivity index is 1.99. The Morgan fingerprint density at radius 3 is 2.48 bits per heavy atom. The summed E-state index contributed by atoms with van der Waals surface area (Å²) in [6, 6.07) is 15.2. The Bertz CT molecular complexity index is 657. The molecule has 2 aromatic rings. The number of aryl methyl sites for hydroxylation is 1. The molecule has 3 heteroatoms. The maximum atomic E-state index is 11.9. The van der Waals surface area contributed by atoms with Crippen molar-refractivity contribution < 1.29 is 14.3 Å². The molecule has 0 radical (unpaired) electrons. The van der Waals surface area contributed by atoms with E-state index in [9.17, 15) is 4.79 Å². The molecule has 0 N–H and O–H groups in total. The zero-order valence-electron chi connectivity index (χ0n) is 13.6. The maximum absolute atomic E-state index is 11.9. The van der Waals surface area contributed by atoms with Crippen LogP contribution in [0.5, 0.6) is 11.5 Å². The van der Waals surface area contributed by atoms with E-state index in [4.69, 9.17) is 9.47 Å². The van der Waals surface area contributed by atoms with Crippen molar-refractivity contribution in [3.8, 4) is 11.5 Å². The zero-order chi connectivity index (χ0) is 16.5. The van der Waals surface area contributed by atoms with Crippen molar-refractivity contribution in [2.45, 2.75) is 26.7 Å². The van der Waals surface area contributed by atoms with Crippen LogP contribution in [-0.2, 0) is 11.2 Å². The first-order chi connectivity index (χ1) is 11.2. The van der Waals surface area contributed by atoms with E-state index < -0.39 is 5.97 Å². The number of carbonyl (C=O) groups excluding carboxylic acids is 1. The second-order valence-corrected chi connectivity index (χ2v) is 5.12. The maximum Gasteiger partial charge on any atom is 0.336 e. The number of rotatable bonds is 7. The molecule has 3 nitrogen and oxygen atoms in total. The van der Waals surface area contributed by atoms with Gasteiger partial charge >= 0.3 is 5.97 Å². The Hall–Kier alpha value is -2.55. The van der Waals surface area contributed by atoms with E-state index in [0.717, 1.165) is 24.2 Å². The van der Waals surface area contributed by atoms with Crippen molar-refractivity contribution in [3.05, 3.63) is 65.7 Å². The summed E-state index contributed by atoms with van der Waals surface area (Å²) in [6.45, 7) is 4.65. The summed E-state index contributed by atoms with van der Waals surface area (Å²) in [4.78, 5) is 11.9. The monoisotopic (exact) mass is 310 g/mol. The van der Waals surface area contributed by atoms with Gasteiger partial charge in [-0.3, -0.25) is 0 Å². The Morgan fingerprint density at radius 2 is 1.78 bits per heavy atom. The molecule has 0 aliphatic rings. The van der Waals surface area contributed by atoms with Crippen LogP contribution in [0.15, 0.2) is 54.6 Å². The van der Waals surface area contributed by atoms with E-state index in [-0.39, 0.29) is 0 Å². The lowest BCUT2D eigenvalue weighted by Crippen LogP contribution is -2.03. The summed E-state index contributed by atoms with van der Waals surface area (Å²) < 4.78 is 10.8. The van der Waals surface area contributed by atoms with E-state index in [1.165, 1.54) is 11.6 Å². The molecule has 0 spiro atoms. The number of hydrogen-bond donors (Lipinski definition) is 0. The Kier molecular flexibility index (Phi) is 6.42. The number of hydrogen-bond acceptors (Lipinski definition) is 3. The molecule has 0 aliphatic carbocycles.